The van der Waals surface area contributed by atoms with Crippen molar-refractivity contribution in [2.24, 2.45) is 5.92 Å². The molecule has 1 aliphatic rings. The summed E-state index contributed by atoms with van der Waals surface area (Å²) in [5.74, 6) is 0.409. The van der Waals surface area contributed by atoms with Crippen LogP contribution in [-0.2, 0) is 0 Å². The summed E-state index contributed by atoms with van der Waals surface area (Å²) in [7, 11) is 0. The maximum atomic E-state index is 12.6. The highest BCUT2D eigenvalue weighted by Gasteiger charge is 2.26. The van der Waals surface area contributed by atoms with Crippen LogP contribution < -0.4 is 0 Å². The van der Waals surface area contributed by atoms with Crippen molar-refractivity contribution in [1.29, 1.82) is 0 Å². The Labute approximate surface area is 145 Å². The summed E-state index contributed by atoms with van der Waals surface area (Å²) in [5.41, 5.74) is 1.08. The molecule has 3 nitrogen and oxygen atoms in total. The van der Waals surface area contributed by atoms with Gasteiger partial charge in [-0.2, -0.15) is 0 Å². The van der Waals surface area contributed by atoms with Gasteiger partial charge in [0.25, 0.3) is 5.91 Å². The number of nitrogens with zero attached hydrogens (tertiary/aromatic N) is 1. The van der Waals surface area contributed by atoms with E-state index in [-0.39, 0.29) is 12.0 Å². The summed E-state index contributed by atoms with van der Waals surface area (Å²) in [4.78, 5) is 16.4. The smallest absolute Gasteiger partial charge is 0.263 e. The Morgan fingerprint density at radius 2 is 1.87 bits per heavy atom. The number of thiophene rings is 1. The van der Waals surface area contributed by atoms with E-state index < -0.39 is 0 Å². The van der Waals surface area contributed by atoms with Crippen LogP contribution in [0.5, 0.6) is 0 Å². The number of halogens is 1. The largest absolute Gasteiger partial charge is 0.393 e. The molecule has 1 aliphatic heterocycles. The highest BCUT2D eigenvalue weighted by molar-refractivity contribution is 7.17. The van der Waals surface area contributed by atoms with Gasteiger partial charge in [0.2, 0.25) is 0 Å². The van der Waals surface area contributed by atoms with Crippen molar-refractivity contribution in [3.05, 3.63) is 46.3 Å². The Bertz CT molecular complexity index is 673. The van der Waals surface area contributed by atoms with Gasteiger partial charge in [-0.15, -0.1) is 11.3 Å². The molecule has 1 fully saturated rings. The number of hydrogen-bond donors (Lipinski definition) is 1. The van der Waals surface area contributed by atoms with Gasteiger partial charge in [-0.25, -0.2) is 0 Å². The molecule has 1 N–H and O–H groups in total. The normalized spacial score (nSPS) is 17.3. The summed E-state index contributed by atoms with van der Waals surface area (Å²) >= 11 is 7.43. The highest BCUT2D eigenvalue weighted by atomic mass is 35.5. The zero-order valence-corrected chi connectivity index (χ0v) is 14.6. The number of aliphatic hydroxyl groups excluding tert-OH is 1. The summed E-state index contributed by atoms with van der Waals surface area (Å²) in [6.45, 7) is 3.28. The van der Waals surface area contributed by atoms with Crippen LogP contribution in [0.2, 0.25) is 5.02 Å². The number of amides is 1. The van der Waals surface area contributed by atoms with Crippen molar-refractivity contribution in [3.63, 3.8) is 0 Å². The molecule has 1 amide bonds. The van der Waals surface area contributed by atoms with Crippen molar-refractivity contribution < 1.29 is 9.90 Å². The fourth-order valence-electron chi connectivity index (χ4n) is 2.96. The quantitative estimate of drug-likeness (QED) is 0.897. The van der Waals surface area contributed by atoms with Crippen LogP contribution in [-0.4, -0.2) is 35.1 Å². The Kier molecular flexibility index (Phi) is 5.05. The van der Waals surface area contributed by atoms with Crippen molar-refractivity contribution in [3.8, 4) is 10.4 Å². The first-order chi connectivity index (χ1) is 11.0. The molecule has 3 rings (SSSR count). The third-order valence-corrected chi connectivity index (χ3v) is 5.83. The lowest BCUT2D eigenvalue weighted by Crippen LogP contribution is -2.40. The summed E-state index contributed by atoms with van der Waals surface area (Å²) in [6.07, 6.45) is 1.46. The monoisotopic (exact) mass is 349 g/mol. The topological polar surface area (TPSA) is 40.5 Å². The second-order valence-corrected chi connectivity index (χ2v) is 7.56. The van der Waals surface area contributed by atoms with Gasteiger partial charge in [0.05, 0.1) is 11.0 Å². The number of carbonyl (C=O) groups excluding carboxylic acids is 1. The van der Waals surface area contributed by atoms with Gasteiger partial charge in [0, 0.05) is 23.0 Å². The average Bonchev–Trinajstić information content (AvgIpc) is 3.05. The van der Waals surface area contributed by atoms with E-state index >= 15 is 0 Å². The van der Waals surface area contributed by atoms with Crippen molar-refractivity contribution in [2.45, 2.75) is 25.9 Å². The predicted octanol–water partition coefficient (Wildman–Crippen LogP) is 4.30. The maximum Gasteiger partial charge on any atom is 0.263 e. The number of piperidine rings is 1. The van der Waals surface area contributed by atoms with E-state index in [1.54, 1.807) is 0 Å². The van der Waals surface area contributed by atoms with Crippen LogP contribution >= 0.6 is 22.9 Å². The van der Waals surface area contributed by atoms with Crippen molar-refractivity contribution >= 4 is 28.8 Å². The number of likely N-dealkylation sites (tertiary alicyclic amines) is 1. The second kappa shape index (κ2) is 7.04. The number of hydrogen-bond acceptors (Lipinski definition) is 3. The Morgan fingerprint density at radius 3 is 2.48 bits per heavy atom. The summed E-state index contributed by atoms with van der Waals surface area (Å²) in [5, 5.41) is 10.4. The highest BCUT2D eigenvalue weighted by Crippen LogP contribution is 2.30. The van der Waals surface area contributed by atoms with Gasteiger partial charge in [-0.05, 0) is 55.5 Å². The lowest BCUT2D eigenvalue weighted by atomic mass is 9.92. The third kappa shape index (κ3) is 3.77. The van der Waals surface area contributed by atoms with Gasteiger partial charge in [-0.1, -0.05) is 23.7 Å². The molecule has 23 heavy (non-hydrogen) atoms. The minimum Gasteiger partial charge on any atom is -0.393 e. The van der Waals surface area contributed by atoms with Crippen LogP contribution in [0, 0.1) is 5.92 Å². The van der Waals surface area contributed by atoms with Gasteiger partial charge in [-0.3, -0.25) is 4.79 Å². The van der Waals surface area contributed by atoms with E-state index in [1.165, 1.54) is 11.3 Å². The maximum absolute atomic E-state index is 12.6. The molecule has 1 unspecified atom stereocenters. The van der Waals surface area contributed by atoms with Crippen LogP contribution in [0.15, 0.2) is 36.4 Å². The molecule has 0 spiro atoms. The minimum absolute atomic E-state index is 0.0965. The van der Waals surface area contributed by atoms with E-state index in [0.29, 0.717) is 10.9 Å². The van der Waals surface area contributed by atoms with Crippen LogP contribution in [0.4, 0.5) is 0 Å². The van der Waals surface area contributed by atoms with Crippen LogP contribution in [0.25, 0.3) is 10.4 Å². The zero-order valence-electron chi connectivity index (χ0n) is 13.0. The van der Waals surface area contributed by atoms with Crippen LogP contribution in [0.3, 0.4) is 0 Å². The van der Waals surface area contributed by atoms with E-state index in [2.05, 4.69) is 0 Å². The first-order valence-electron chi connectivity index (χ1n) is 7.87. The van der Waals surface area contributed by atoms with E-state index in [9.17, 15) is 9.90 Å². The average molecular weight is 350 g/mol. The Hall–Kier alpha value is -1.36. The first kappa shape index (κ1) is 16.5. The van der Waals surface area contributed by atoms with Crippen molar-refractivity contribution in [1.82, 2.24) is 4.90 Å². The van der Waals surface area contributed by atoms with E-state index in [0.717, 1.165) is 41.2 Å². The Balaban J connectivity index is 1.68. The molecular formula is C18H20ClNO2S. The molecule has 2 aromatic rings. The summed E-state index contributed by atoms with van der Waals surface area (Å²) in [6, 6.07) is 11.5. The molecule has 1 aromatic carbocycles. The first-order valence-corrected chi connectivity index (χ1v) is 9.07. The molecule has 122 valence electrons. The number of aliphatic hydroxyl groups is 1. The standard InChI is InChI=1S/C18H20ClNO2S/c1-12(21)13-8-10-20(11-9-13)18(22)17-7-6-16(23-17)14-2-4-15(19)5-3-14/h2-7,12-13,21H,8-11H2,1H3. The molecule has 5 heteroatoms. The van der Waals surface area contributed by atoms with E-state index in [1.807, 2.05) is 48.2 Å². The fourth-order valence-corrected chi connectivity index (χ4v) is 4.07. The summed E-state index contributed by atoms with van der Waals surface area (Å²) < 4.78 is 0. The lowest BCUT2D eigenvalue weighted by Gasteiger charge is -2.33. The van der Waals surface area contributed by atoms with E-state index in [4.69, 9.17) is 11.6 Å². The molecule has 0 bridgehead atoms. The number of benzene rings is 1. The van der Waals surface area contributed by atoms with Gasteiger partial charge < -0.3 is 10.0 Å². The molecule has 0 saturated carbocycles. The second-order valence-electron chi connectivity index (χ2n) is 6.04. The molecule has 1 saturated heterocycles. The number of carbonyl (C=O) groups is 1. The molecule has 0 aliphatic carbocycles. The van der Waals surface area contributed by atoms with Crippen molar-refractivity contribution in [2.75, 3.05) is 13.1 Å². The minimum atomic E-state index is -0.287. The SMILES string of the molecule is CC(O)C1CCN(C(=O)c2ccc(-c3ccc(Cl)cc3)s2)CC1. The van der Waals surface area contributed by atoms with Gasteiger partial charge in [0.1, 0.15) is 0 Å². The zero-order chi connectivity index (χ0) is 16.4. The molecule has 1 atom stereocenters. The Morgan fingerprint density at radius 1 is 1.22 bits per heavy atom. The predicted molar refractivity (Wildman–Crippen MR) is 95.1 cm³/mol. The van der Waals surface area contributed by atoms with Gasteiger partial charge in [0.15, 0.2) is 0 Å². The van der Waals surface area contributed by atoms with Crippen LogP contribution in [0.1, 0.15) is 29.4 Å². The fraction of sp³-hybridized carbons (Fsp3) is 0.389. The lowest BCUT2D eigenvalue weighted by molar-refractivity contribution is 0.0525. The number of rotatable bonds is 3. The molecule has 2 heterocycles. The molecule has 0 radical (unpaired) electrons. The molecule has 1 aromatic heterocycles. The van der Waals surface area contributed by atoms with Gasteiger partial charge >= 0.3 is 0 Å². The molecular weight excluding hydrogens is 330 g/mol. The third-order valence-electron chi connectivity index (χ3n) is 4.45.